The number of aryl methyl sites for hydroxylation is 1. The topological polar surface area (TPSA) is 30.4 Å². The molecule has 2 heterocycles. The van der Waals surface area contributed by atoms with E-state index in [1.165, 1.54) is 11.3 Å². The van der Waals surface area contributed by atoms with Gasteiger partial charge in [-0.3, -0.25) is 4.68 Å². The molecule has 78 valence electrons. The second-order valence-corrected chi connectivity index (χ2v) is 4.60. The predicted octanol–water partition coefficient (Wildman–Crippen LogP) is 2.33. The van der Waals surface area contributed by atoms with Crippen molar-refractivity contribution in [3.8, 4) is 0 Å². The highest BCUT2D eigenvalue weighted by Gasteiger charge is 2.45. The van der Waals surface area contributed by atoms with Gasteiger partial charge in [-0.1, -0.05) is 0 Å². The Morgan fingerprint density at radius 1 is 1.43 bits per heavy atom. The van der Waals surface area contributed by atoms with Crippen LogP contribution in [0.2, 0.25) is 0 Å². The molecule has 3 heteroatoms. The number of aromatic nitrogens is 2. The van der Waals surface area contributed by atoms with Crippen LogP contribution in [-0.4, -0.2) is 16.4 Å². The molecule has 0 amide bonds. The summed E-state index contributed by atoms with van der Waals surface area (Å²) >= 11 is 0. The molecule has 1 atom stereocenters. The summed E-state index contributed by atoms with van der Waals surface area (Å²) in [6.45, 7) is 11.5. The summed E-state index contributed by atoms with van der Waals surface area (Å²) in [5, 5.41) is 4.55. The minimum Gasteiger partial charge on any atom is -0.365 e. The Morgan fingerprint density at radius 2 is 2.00 bits per heavy atom. The fraction of sp³-hybridized carbons (Fsp3) is 0.727. The van der Waals surface area contributed by atoms with E-state index in [1.807, 2.05) is 0 Å². The monoisotopic (exact) mass is 194 g/mol. The Morgan fingerprint density at radius 3 is 2.36 bits per heavy atom. The lowest BCUT2D eigenvalue weighted by Crippen LogP contribution is -2.08. The standard InChI is InChI=1S/C11H18N2O/c1-7(2)13-9(4)10(8(3)12-13)11(5)6-14-11/h7H,6H2,1-5H3. The number of rotatable bonds is 2. The first kappa shape index (κ1) is 9.71. The molecule has 1 unspecified atom stereocenters. The van der Waals surface area contributed by atoms with Crippen LogP contribution in [0.25, 0.3) is 0 Å². The van der Waals surface area contributed by atoms with Crippen LogP contribution in [-0.2, 0) is 10.3 Å². The zero-order valence-corrected chi connectivity index (χ0v) is 9.59. The average Bonchev–Trinajstić information content (AvgIpc) is 2.71. The summed E-state index contributed by atoms with van der Waals surface area (Å²) in [6.07, 6.45) is 0. The molecule has 0 bridgehead atoms. The number of hydrogen-bond acceptors (Lipinski definition) is 2. The SMILES string of the molecule is Cc1nn(C(C)C)c(C)c1C1(C)CO1. The zero-order valence-electron chi connectivity index (χ0n) is 9.59. The van der Waals surface area contributed by atoms with Gasteiger partial charge in [0.1, 0.15) is 5.60 Å². The van der Waals surface area contributed by atoms with E-state index in [2.05, 4.69) is 44.4 Å². The van der Waals surface area contributed by atoms with Crippen LogP contribution in [0, 0.1) is 13.8 Å². The third-order valence-electron chi connectivity index (χ3n) is 2.92. The molecule has 3 nitrogen and oxygen atoms in total. The molecule has 0 aliphatic carbocycles. The molecule has 14 heavy (non-hydrogen) atoms. The Kier molecular flexibility index (Phi) is 1.96. The highest BCUT2D eigenvalue weighted by Crippen LogP contribution is 2.41. The van der Waals surface area contributed by atoms with E-state index in [0.717, 1.165) is 12.3 Å². The molecular formula is C11H18N2O. The zero-order chi connectivity index (χ0) is 10.5. The van der Waals surface area contributed by atoms with Gasteiger partial charge in [0.15, 0.2) is 0 Å². The van der Waals surface area contributed by atoms with Crippen LogP contribution in [0.5, 0.6) is 0 Å². The molecule has 1 aromatic rings. The van der Waals surface area contributed by atoms with Gasteiger partial charge in [0.25, 0.3) is 0 Å². The van der Waals surface area contributed by atoms with Crippen molar-refractivity contribution < 1.29 is 4.74 Å². The molecule has 0 radical (unpaired) electrons. The smallest absolute Gasteiger partial charge is 0.117 e. The van der Waals surface area contributed by atoms with Crippen molar-refractivity contribution in [1.29, 1.82) is 0 Å². The van der Waals surface area contributed by atoms with E-state index in [4.69, 9.17) is 4.74 Å². The van der Waals surface area contributed by atoms with Crippen molar-refractivity contribution in [2.45, 2.75) is 46.3 Å². The summed E-state index contributed by atoms with van der Waals surface area (Å²) in [5.41, 5.74) is 3.58. The second-order valence-electron chi connectivity index (χ2n) is 4.60. The Labute approximate surface area is 85.1 Å². The maximum absolute atomic E-state index is 5.48. The highest BCUT2D eigenvalue weighted by atomic mass is 16.6. The summed E-state index contributed by atoms with van der Waals surface area (Å²) in [5.74, 6) is 0. The van der Waals surface area contributed by atoms with E-state index in [9.17, 15) is 0 Å². The van der Waals surface area contributed by atoms with Gasteiger partial charge in [0.05, 0.1) is 12.3 Å². The number of nitrogens with zero attached hydrogens (tertiary/aromatic N) is 2. The van der Waals surface area contributed by atoms with Crippen molar-refractivity contribution in [2.24, 2.45) is 0 Å². The average molecular weight is 194 g/mol. The number of hydrogen-bond donors (Lipinski definition) is 0. The lowest BCUT2D eigenvalue weighted by Gasteiger charge is -2.10. The summed E-state index contributed by atoms with van der Waals surface area (Å²) < 4.78 is 7.56. The molecule has 1 saturated heterocycles. The molecular weight excluding hydrogens is 176 g/mol. The van der Waals surface area contributed by atoms with Gasteiger partial charge in [0, 0.05) is 17.3 Å². The maximum atomic E-state index is 5.48. The van der Waals surface area contributed by atoms with Gasteiger partial charge < -0.3 is 4.74 Å². The molecule has 1 fully saturated rings. The van der Waals surface area contributed by atoms with Crippen LogP contribution in [0.3, 0.4) is 0 Å². The first-order chi connectivity index (χ1) is 6.46. The molecule has 0 aromatic carbocycles. The van der Waals surface area contributed by atoms with Gasteiger partial charge in [-0.25, -0.2) is 0 Å². The Balaban J connectivity index is 2.50. The normalized spacial score (nSPS) is 25.9. The Bertz CT molecular complexity index is 362. The summed E-state index contributed by atoms with van der Waals surface area (Å²) in [4.78, 5) is 0. The van der Waals surface area contributed by atoms with Crippen molar-refractivity contribution in [2.75, 3.05) is 6.61 Å². The first-order valence-electron chi connectivity index (χ1n) is 5.16. The number of ether oxygens (including phenoxy) is 1. The van der Waals surface area contributed by atoms with Crippen molar-refractivity contribution in [3.63, 3.8) is 0 Å². The molecule has 1 aliphatic heterocycles. The van der Waals surface area contributed by atoms with E-state index >= 15 is 0 Å². The fourth-order valence-electron chi connectivity index (χ4n) is 2.18. The van der Waals surface area contributed by atoms with Crippen LogP contribution in [0.1, 0.15) is 43.8 Å². The third-order valence-corrected chi connectivity index (χ3v) is 2.92. The quantitative estimate of drug-likeness (QED) is 0.676. The lowest BCUT2D eigenvalue weighted by molar-refractivity contribution is 0.327. The van der Waals surface area contributed by atoms with Crippen LogP contribution in [0.15, 0.2) is 0 Å². The van der Waals surface area contributed by atoms with Crippen molar-refractivity contribution in [3.05, 3.63) is 17.0 Å². The lowest BCUT2D eigenvalue weighted by atomic mass is 10.0. The Hall–Kier alpha value is -0.830. The molecule has 1 aromatic heterocycles. The van der Waals surface area contributed by atoms with E-state index in [1.54, 1.807) is 0 Å². The minimum atomic E-state index is -0.0543. The van der Waals surface area contributed by atoms with E-state index in [0.29, 0.717) is 6.04 Å². The molecule has 0 saturated carbocycles. The van der Waals surface area contributed by atoms with Gasteiger partial charge in [-0.2, -0.15) is 5.10 Å². The van der Waals surface area contributed by atoms with Crippen LogP contribution >= 0.6 is 0 Å². The highest BCUT2D eigenvalue weighted by molar-refractivity contribution is 5.34. The van der Waals surface area contributed by atoms with Crippen LogP contribution < -0.4 is 0 Å². The van der Waals surface area contributed by atoms with E-state index < -0.39 is 0 Å². The number of epoxide rings is 1. The summed E-state index contributed by atoms with van der Waals surface area (Å²) in [6, 6.07) is 0.421. The molecule has 1 aliphatic rings. The second kappa shape index (κ2) is 2.83. The predicted molar refractivity (Wildman–Crippen MR) is 55.4 cm³/mol. The van der Waals surface area contributed by atoms with E-state index in [-0.39, 0.29) is 5.60 Å². The van der Waals surface area contributed by atoms with Crippen LogP contribution in [0.4, 0.5) is 0 Å². The third kappa shape index (κ3) is 1.27. The first-order valence-corrected chi connectivity index (χ1v) is 5.16. The largest absolute Gasteiger partial charge is 0.365 e. The fourth-order valence-corrected chi connectivity index (χ4v) is 2.18. The molecule has 2 rings (SSSR count). The van der Waals surface area contributed by atoms with Gasteiger partial charge in [-0.15, -0.1) is 0 Å². The van der Waals surface area contributed by atoms with Gasteiger partial charge >= 0.3 is 0 Å². The van der Waals surface area contributed by atoms with Crippen molar-refractivity contribution >= 4 is 0 Å². The van der Waals surface area contributed by atoms with Crippen molar-refractivity contribution in [1.82, 2.24) is 9.78 Å². The van der Waals surface area contributed by atoms with Gasteiger partial charge in [-0.05, 0) is 34.6 Å². The maximum Gasteiger partial charge on any atom is 0.117 e. The van der Waals surface area contributed by atoms with Gasteiger partial charge in [0.2, 0.25) is 0 Å². The minimum absolute atomic E-state index is 0.0543. The molecule has 0 N–H and O–H groups in total. The summed E-state index contributed by atoms with van der Waals surface area (Å²) in [7, 11) is 0. The molecule has 0 spiro atoms.